The predicted octanol–water partition coefficient (Wildman–Crippen LogP) is 0.905. The van der Waals surface area contributed by atoms with Crippen LogP contribution in [-0.4, -0.2) is 22.4 Å². The largest absolute Gasteiger partial charge is 0.481 e. The van der Waals surface area contributed by atoms with Crippen molar-refractivity contribution in [3.8, 4) is 0 Å². The van der Waals surface area contributed by atoms with Crippen LogP contribution in [0.1, 0.15) is 6.42 Å². The van der Waals surface area contributed by atoms with Gasteiger partial charge in [-0.15, -0.1) is 0 Å². The molecule has 0 aliphatic rings. The Kier molecular flexibility index (Phi) is 4.02. The van der Waals surface area contributed by atoms with Crippen LogP contribution >= 0.6 is 11.6 Å². The lowest BCUT2D eigenvalue weighted by atomic mass is 10.2. The minimum absolute atomic E-state index is 0.577. The molecule has 60 valence electrons. The highest BCUT2D eigenvalue weighted by atomic mass is 35.5. The van der Waals surface area contributed by atoms with Gasteiger partial charge in [0.25, 0.3) is 0 Å². The molecule has 0 aliphatic carbocycles. The molecule has 0 heterocycles. The van der Waals surface area contributed by atoms with Crippen LogP contribution in [0, 0.1) is 0 Å². The Labute approximate surface area is 66.4 Å². The van der Waals surface area contributed by atoms with Gasteiger partial charge in [0.05, 0.1) is 6.42 Å². The van der Waals surface area contributed by atoms with E-state index in [0.29, 0.717) is 0 Å². The van der Waals surface area contributed by atoms with Crippen molar-refractivity contribution in [3.05, 3.63) is 10.4 Å². The molecule has 0 spiro atoms. The predicted molar refractivity (Wildman–Crippen MR) is 36.0 cm³/mol. The number of carbonyl (C=O) groups excluding carboxylic acids is 1. The molecule has 11 heavy (non-hydrogen) atoms. The molecular weight excluding hydrogens is 174 g/mol. The third kappa shape index (κ3) is 4.19. The molecule has 0 aromatic heterocycles. The number of nitrogens with zero attached hydrogens (tertiary/aromatic N) is 3. The van der Waals surface area contributed by atoms with Crippen molar-refractivity contribution in [1.29, 1.82) is 0 Å². The Balaban J connectivity index is 4.22. The monoisotopic (exact) mass is 177 g/mol. The first-order valence-electron chi connectivity index (χ1n) is 2.53. The maximum atomic E-state index is 10.3. The van der Waals surface area contributed by atoms with E-state index in [1.807, 2.05) is 0 Å². The molecule has 0 saturated carbocycles. The minimum atomic E-state index is -1.31. The van der Waals surface area contributed by atoms with E-state index in [4.69, 9.17) is 22.2 Å². The Morgan fingerprint density at radius 3 is 2.55 bits per heavy atom. The normalized spacial score (nSPS) is 11.4. The van der Waals surface area contributed by atoms with Gasteiger partial charge in [-0.2, -0.15) is 0 Å². The molecule has 1 N–H and O–H groups in total. The lowest BCUT2D eigenvalue weighted by molar-refractivity contribution is -0.138. The standard InChI is InChI=1S/C4H4ClN3O3/c5-4(11)2(7-8-6)1-3(9)10/h2H,1H2,(H,9,10). The van der Waals surface area contributed by atoms with Crippen LogP contribution in [0.15, 0.2) is 5.11 Å². The summed E-state index contributed by atoms with van der Waals surface area (Å²) in [5.74, 6) is -1.24. The van der Waals surface area contributed by atoms with E-state index in [1.54, 1.807) is 0 Å². The van der Waals surface area contributed by atoms with Crippen molar-refractivity contribution in [1.82, 2.24) is 0 Å². The molecule has 1 unspecified atom stereocenters. The average Bonchev–Trinajstić information content (AvgIpc) is 1.86. The molecule has 0 bridgehead atoms. The van der Waals surface area contributed by atoms with Crippen LogP contribution in [-0.2, 0) is 9.59 Å². The summed E-state index contributed by atoms with van der Waals surface area (Å²) in [4.78, 5) is 22.6. The molecule has 0 aromatic carbocycles. The molecular formula is C4H4ClN3O3. The van der Waals surface area contributed by atoms with Crippen LogP contribution in [0.3, 0.4) is 0 Å². The Bertz CT molecular complexity index is 221. The van der Waals surface area contributed by atoms with Gasteiger partial charge in [0.1, 0.15) is 6.04 Å². The van der Waals surface area contributed by atoms with Gasteiger partial charge >= 0.3 is 5.97 Å². The van der Waals surface area contributed by atoms with Crippen LogP contribution in [0.25, 0.3) is 10.4 Å². The first kappa shape index (κ1) is 9.74. The molecule has 1 atom stereocenters. The third-order valence-corrected chi connectivity index (χ3v) is 1.07. The van der Waals surface area contributed by atoms with Crippen molar-refractivity contribution in [3.63, 3.8) is 0 Å². The fraction of sp³-hybridized carbons (Fsp3) is 0.500. The van der Waals surface area contributed by atoms with E-state index in [1.165, 1.54) is 0 Å². The van der Waals surface area contributed by atoms with E-state index in [9.17, 15) is 9.59 Å². The van der Waals surface area contributed by atoms with Gasteiger partial charge in [-0.1, -0.05) is 5.11 Å². The lowest BCUT2D eigenvalue weighted by Crippen LogP contribution is -2.16. The van der Waals surface area contributed by atoms with Crippen molar-refractivity contribution < 1.29 is 14.7 Å². The number of aliphatic carboxylic acids is 1. The Hall–Kier alpha value is -1.26. The molecule has 0 radical (unpaired) electrons. The van der Waals surface area contributed by atoms with E-state index in [2.05, 4.69) is 10.0 Å². The number of rotatable bonds is 4. The second-order valence-electron chi connectivity index (χ2n) is 1.62. The zero-order valence-electron chi connectivity index (χ0n) is 5.27. The first-order valence-corrected chi connectivity index (χ1v) is 2.91. The van der Waals surface area contributed by atoms with E-state index in [0.717, 1.165) is 0 Å². The summed E-state index contributed by atoms with van der Waals surface area (Å²) in [6.07, 6.45) is -0.577. The lowest BCUT2D eigenvalue weighted by Gasteiger charge is -1.98. The summed E-state index contributed by atoms with van der Waals surface area (Å²) in [5, 5.41) is 10.1. The van der Waals surface area contributed by atoms with Gasteiger partial charge in [-0.3, -0.25) is 9.59 Å². The van der Waals surface area contributed by atoms with Crippen molar-refractivity contribution in [2.45, 2.75) is 12.5 Å². The fourth-order valence-corrected chi connectivity index (χ4v) is 0.515. The van der Waals surface area contributed by atoms with Crippen LogP contribution < -0.4 is 0 Å². The maximum absolute atomic E-state index is 10.3. The number of carboxylic acids is 1. The molecule has 0 fully saturated rings. The van der Waals surface area contributed by atoms with Gasteiger partial charge in [0, 0.05) is 4.91 Å². The maximum Gasteiger partial charge on any atom is 0.304 e. The molecule has 0 aliphatic heterocycles. The molecule has 0 amide bonds. The minimum Gasteiger partial charge on any atom is -0.481 e. The van der Waals surface area contributed by atoms with Gasteiger partial charge in [-0.05, 0) is 17.1 Å². The molecule has 6 nitrogen and oxygen atoms in total. The number of halogens is 1. The molecule has 0 aromatic rings. The Morgan fingerprint density at radius 1 is 1.73 bits per heavy atom. The summed E-state index contributed by atoms with van der Waals surface area (Å²) < 4.78 is 0. The number of carbonyl (C=O) groups is 2. The molecule has 7 heteroatoms. The second-order valence-corrected chi connectivity index (χ2v) is 2.00. The summed E-state index contributed by atoms with van der Waals surface area (Å²) in [6.45, 7) is 0. The SMILES string of the molecule is [N-]=[N+]=NC(CC(=O)O)C(=O)Cl. The fourth-order valence-electron chi connectivity index (χ4n) is 0.394. The van der Waals surface area contributed by atoms with Crippen LogP contribution in [0.4, 0.5) is 0 Å². The van der Waals surface area contributed by atoms with Crippen molar-refractivity contribution in [2.24, 2.45) is 5.11 Å². The second kappa shape index (κ2) is 4.54. The smallest absolute Gasteiger partial charge is 0.304 e. The quantitative estimate of drug-likeness (QED) is 0.299. The highest BCUT2D eigenvalue weighted by Gasteiger charge is 2.17. The van der Waals surface area contributed by atoms with Gasteiger partial charge in [0.2, 0.25) is 5.24 Å². The third-order valence-electron chi connectivity index (χ3n) is 0.821. The van der Waals surface area contributed by atoms with Gasteiger partial charge in [0.15, 0.2) is 0 Å². The molecule has 0 rings (SSSR count). The zero-order valence-corrected chi connectivity index (χ0v) is 6.02. The zero-order chi connectivity index (χ0) is 8.85. The van der Waals surface area contributed by atoms with Gasteiger partial charge < -0.3 is 5.11 Å². The summed E-state index contributed by atoms with van der Waals surface area (Å²) in [5.41, 5.74) is 7.85. The van der Waals surface area contributed by atoms with Crippen LogP contribution in [0.2, 0.25) is 0 Å². The average molecular weight is 178 g/mol. The van der Waals surface area contributed by atoms with Gasteiger partial charge in [-0.25, -0.2) is 0 Å². The summed E-state index contributed by atoms with van der Waals surface area (Å²) >= 11 is 4.90. The van der Waals surface area contributed by atoms with Crippen LogP contribution in [0.5, 0.6) is 0 Å². The highest BCUT2D eigenvalue weighted by molar-refractivity contribution is 6.64. The summed E-state index contributed by atoms with van der Waals surface area (Å²) in [6, 6.07) is -1.31. The number of azide groups is 1. The number of hydrogen-bond donors (Lipinski definition) is 1. The van der Waals surface area contributed by atoms with E-state index >= 15 is 0 Å². The highest BCUT2D eigenvalue weighted by Crippen LogP contribution is 2.02. The van der Waals surface area contributed by atoms with Crippen molar-refractivity contribution in [2.75, 3.05) is 0 Å². The summed E-state index contributed by atoms with van der Waals surface area (Å²) in [7, 11) is 0. The topological polar surface area (TPSA) is 103 Å². The molecule has 0 saturated heterocycles. The Morgan fingerprint density at radius 2 is 2.27 bits per heavy atom. The van der Waals surface area contributed by atoms with E-state index < -0.39 is 23.7 Å². The number of hydrogen-bond acceptors (Lipinski definition) is 3. The first-order chi connectivity index (χ1) is 5.07. The van der Waals surface area contributed by atoms with Crippen molar-refractivity contribution >= 4 is 22.8 Å². The number of carboxylic acid groups (broad SMARTS) is 1. The van der Waals surface area contributed by atoms with E-state index in [-0.39, 0.29) is 0 Å².